The third-order valence-corrected chi connectivity index (χ3v) is 4.35. The van der Waals surface area contributed by atoms with Gasteiger partial charge < -0.3 is 10.2 Å². The molecule has 1 N–H and O–H groups in total. The van der Waals surface area contributed by atoms with Crippen molar-refractivity contribution in [3.63, 3.8) is 0 Å². The zero-order chi connectivity index (χ0) is 13.8. The highest BCUT2D eigenvalue weighted by molar-refractivity contribution is 5.49. The van der Waals surface area contributed by atoms with Gasteiger partial charge in [-0.1, -0.05) is 26.0 Å². The molecule has 2 heteroatoms. The first-order chi connectivity index (χ1) is 9.11. The van der Waals surface area contributed by atoms with Crippen molar-refractivity contribution >= 4 is 5.69 Å². The largest absolute Gasteiger partial charge is 0.369 e. The summed E-state index contributed by atoms with van der Waals surface area (Å²) >= 11 is 0. The number of hydrogen-bond donors (Lipinski definition) is 1. The van der Waals surface area contributed by atoms with Crippen LogP contribution in [0.15, 0.2) is 24.3 Å². The van der Waals surface area contributed by atoms with Crippen LogP contribution in [0.25, 0.3) is 0 Å². The molecule has 1 aromatic carbocycles. The molecule has 1 aliphatic rings. The lowest BCUT2D eigenvalue weighted by Gasteiger charge is -2.38. The molecule has 1 fully saturated rings. The third-order valence-electron chi connectivity index (χ3n) is 4.35. The average molecular weight is 260 g/mol. The van der Waals surface area contributed by atoms with Gasteiger partial charge in [-0.3, -0.25) is 0 Å². The molecule has 3 unspecified atom stereocenters. The second-order valence-electron chi connectivity index (χ2n) is 6.05. The van der Waals surface area contributed by atoms with Gasteiger partial charge in [-0.2, -0.15) is 0 Å². The molecule has 0 bridgehead atoms. The summed E-state index contributed by atoms with van der Waals surface area (Å²) in [6.07, 6.45) is 2.68. The van der Waals surface area contributed by atoms with Crippen molar-refractivity contribution in [3.8, 4) is 0 Å². The Morgan fingerprint density at radius 3 is 2.53 bits per heavy atom. The second kappa shape index (κ2) is 6.42. The van der Waals surface area contributed by atoms with Crippen molar-refractivity contribution < 1.29 is 0 Å². The predicted molar refractivity (Wildman–Crippen MR) is 83.7 cm³/mol. The molecular formula is C17H28N2. The minimum atomic E-state index is 0.441. The zero-order valence-corrected chi connectivity index (χ0v) is 12.8. The first kappa shape index (κ1) is 14.4. The monoisotopic (exact) mass is 260 g/mol. The predicted octanol–water partition coefficient (Wildman–Crippen LogP) is 3.98. The first-order valence-corrected chi connectivity index (χ1v) is 7.71. The van der Waals surface area contributed by atoms with E-state index in [4.69, 9.17) is 0 Å². The van der Waals surface area contributed by atoms with Crippen LogP contribution in [-0.4, -0.2) is 19.1 Å². The molecule has 0 radical (unpaired) electrons. The lowest BCUT2D eigenvalue weighted by atomic mass is 9.94. The number of nitrogens with zero attached hydrogens (tertiary/aromatic N) is 1. The van der Waals surface area contributed by atoms with E-state index in [1.54, 1.807) is 0 Å². The molecule has 106 valence electrons. The smallest absolute Gasteiger partial charge is 0.0368 e. The maximum atomic E-state index is 3.46. The number of hydrogen-bond acceptors (Lipinski definition) is 2. The number of rotatable bonds is 4. The van der Waals surface area contributed by atoms with E-state index in [1.807, 2.05) is 0 Å². The molecule has 0 aliphatic carbocycles. The Balaban J connectivity index is 2.08. The maximum Gasteiger partial charge on any atom is 0.0368 e. The van der Waals surface area contributed by atoms with Crippen LogP contribution in [0.3, 0.4) is 0 Å². The van der Waals surface area contributed by atoms with E-state index in [1.165, 1.54) is 30.6 Å². The second-order valence-corrected chi connectivity index (χ2v) is 6.05. The molecule has 19 heavy (non-hydrogen) atoms. The van der Waals surface area contributed by atoms with Gasteiger partial charge in [0.05, 0.1) is 0 Å². The molecule has 0 spiro atoms. The van der Waals surface area contributed by atoms with Gasteiger partial charge in [-0.25, -0.2) is 0 Å². The Kier molecular flexibility index (Phi) is 4.87. The van der Waals surface area contributed by atoms with Crippen LogP contribution < -0.4 is 10.2 Å². The number of piperidine rings is 1. The van der Waals surface area contributed by atoms with Gasteiger partial charge in [0.2, 0.25) is 0 Å². The van der Waals surface area contributed by atoms with Gasteiger partial charge >= 0.3 is 0 Å². The van der Waals surface area contributed by atoms with E-state index < -0.39 is 0 Å². The fraction of sp³-hybridized carbons (Fsp3) is 0.647. The van der Waals surface area contributed by atoms with Gasteiger partial charge in [0.15, 0.2) is 0 Å². The SMILES string of the molecule is CCNC(C)c1ccc(N2CC(C)CCC2C)cc1. The van der Waals surface area contributed by atoms with Gasteiger partial charge in [0.1, 0.15) is 0 Å². The van der Waals surface area contributed by atoms with Crippen LogP contribution >= 0.6 is 0 Å². The summed E-state index contributed by atoms with van der Waals surface area (Å²) in [5.41, 5.74) is 2.76. The molecule has 0 saturated carbocycles. The lowest BCUT2D eigenvalue weighted by Crippen LogP contribution is -2.41. The van der Waals surface area contributed by atoms with Crippen LogP contribution in [0.1, 0.15) is 52.1 Å². The van der Waals surface area contributed by atoms with Gasteiger partial charge in [0, 0.05) is 24.3 Å². The molecule has 1 saturated heterocycles. The quantitative estimate of drug-likeness (QED) is 0.881. The molecule has 2 rings (SSSR count). The van der Waals surface area contributed by atoms with Crippen LogP contribution in [0.2, 0.25) is 0 Å². The van der Waals surface area contributed by atoms with Gasteiger partial charge in [-0.15, -0.1) is 0 Å². The van der Waals surface area contributed by atoms with E-state index in [0.29, 0.717) is 12.1 Å². The third kappa shape index (κ3) is 3.50. The van der Waals surface area contributed by atoms with Crippen LogP contribution in [-0.2, 0) is 0 Å². The Bertz CT molecular complexity index is 385. The molecule has 3 atom stereocenters. The Hall–Kier alpha value is -1.02. The van der Waals surface area contributed by atoms with Crippen molar-refractivity contribution in [2.75, 3.05) is 18.0 Å². The zero-order valence-electron chi connectivity index (χ0n) is 12.8. The number of nitrogens with one attached hydrogen (secondary N) is 1. The first-order valence-electron chi connectivity index (χ1n) is 7.71. The minimum absolute atomic E-state index is 0.441. The number of benzene rings is 1. The van der Waals surface area contributed by atoms with Crippen LogP contribution in [0.4, 0.5) is 5.69 Å². The average Bonchev–Trinajstić information content (AvgIpc) is 2.42. The summed E-state index contributed by atoms with van der Waals surface area (Å²) in [7, 11) is 0. The summed E-state index contributed by atoms with van der Waals surface area (Å²) in [6, 6.07) is 10.2. The Morgan fingerprint density at radius 1 is 1.21 bits per heavy atom. The van der Waals surface area contributed by atoms with Crippen molar-refractivity contribution in [1.29, 1.82) is 0 Å². The highest BCUT2D eigenvalue weighted by Crippen LogP contribution is 2.28. The fourth-order valence-corrected chi connectivity index (χ4v) is 3.03. The molecule has 1 heterocycles. The Morgan fingerprint density at radius 2 is 1.89 bits per heavy atom. The van der Waals surface area contributed by atoms with Crippen LogP contribution in [0, 0.1) is 5.92 Å². The van der Waals surface area contributed by atoms with Crippen molar-refractivity contribution in [2.45, 2.75) is 52.6 Å². The van der Waals surface area contributed by atoms with E-state index in [9.17, 15) is 0 Å². The summed E-state index contributed by atoms with van der Waals surface area (Å²) in [4.78, 5) is 2.57. The number of anilines is 1. The Labute approximate surface area is 118 Å². The van der Waals surface area contributed by atoms with E-state index >= 15 is 0 Å². The molecule has 0 amide bonds. The van der Waals surface area contributed by atoms with E-state index in [-0.39, 0.29) is 0 Å². The highest BCUT2D eigenvalue weighted by atomic mass is 15.2. The van der Waals surface area contributed by atoms with Crippen molar-refractivity contribution in [1.82, 2.24) is 5.32 Å². The summed E-state index contributed by atoms with van der Waals surface area (Å²) in [5.74, 6) is 0.816. The topological polar surface area (TPSA) is 15.3 Å². The van der Waals surface area contributed by atoms with E-state index in [0.717, 1.165) is 12.5 Å². The lowest BCUT2D eigenvalue weighted by molar-refractivity contribution is 0.390. The van der Waals surface area contributed by atoms with Crippen LogP contribution in [0.5, 0.6) is 0 Å². The maximum absolute atomic E-state index is 3.46. The standard InChI is InChI=1S/C17H28N2/c1-5-18-15(4)16-8-10-17(11-9-16)19-12-13(2)6-7-14(19)3/h8-11,13-15,18H,5-7,12H2,1-4H3. The summed E-state index contributed by atoms with van der Waals surface area (Å²) in [6.45, 7) is 11.3. The molecule has 0 aromatic heterocycles. The fourth-order valence-electron chi connectivity index (χ4n) is 3.03. The minimum Gasteiger partial charge on any atom is -0.369 e. The van der Waals surface area contributed by atoms with Crippen molar-refractivity contribution in [3.05, 3.63) is 29.8 Å². The summed E-state index contributed by atoms with van der Waals surface area (Å²) in [5, 5.41) is 3.46. The van der Waals surface area contributed by atoms with E-state index in [2.05, 4.69) is 62.2 Å². The molecular weight excluding hydrogens is 232 g/mol. The highest BCUT2D eigenvalue weighted by Gasteiger charge is 2.22. The van der Waals surface area contributed by atoms with Crippen molar-refractivity contribution in [2.24, 2.45) is 5.92 Å². The molecule has 1 aliphatic heterocycles. The molecule has 2 nitrogen and oxygen atoms in total. The molecule has 1 aromatic rings. The normalized spacial score (nSPS) is 25.4. The van der Waals surface area contributed by atoms with Gasteiger partial charge in [0.25, 0.3) is 0 Å². The summed E-state index contributed by atoms with van der Waals surface area (Å²) < 4.78 is 0. The van der Waals surface area contributed by atoms with Gasteiger partial charge in [-0.05, 0) is 56.8 Å².